The van der Waals surface area contributed by atoms with Crippen molar-refractivity contribution in [2.75, 3.05) is 7.11 Å². The molecule has 0 saturated heterocycles. The van der Waals surface area contributed by atoms with E-state index in [4.69, 9.17) is 0 Å². The molecule has 2 nitrogen and oxygen atoms in total. The van der Waals surface area contributed by atoms with E-state index in [9.17, 15) is 4.79 Å². The molecule has 2 heteroatoms. The zero-order chi connectivity index (χ0) is 9.56. The Kier molecular flexibility index (Phi) is 5.43. The highest BCUT2D eigenvalue weighted by Gasteiger charge is 2.09. The maximum atomic E-state index is 11.0. The number of ether oxygens (including phenoxy) is 1. The molecule has 0 N–H and O–H groups in total. The van der Waals surface area contributed by atoms with Gasteiger partial charge >= 0.3 is 5.97 Å². The quantitative estimate of drug-likeness (QED) is 0.478. The SMILES string of the molecule is CCCC(C)=CC(C)C(=O)OC. The molecule has 0 saturated carbocycles. The Labute approximate surface area is 74.6 Å². The Morgan fingerprint density at radius 1 is 1.58 bits per heavy atom. The number of allylic oxidation sites excluding steroid dienone is 1. The summed E-state index contributed by atoms with van der Waals surface area (Å²) in [5.41, 5.74) is 1.26. The van der Waals surface area contributed by atoms with Gasteiger partial charge in [0.05, 0.1) is 13.0 Å². The van der Waals surface area contributed by atoms with Gasteiger partial charge in [-0.3, -0.25) is 4.79 Å². The Morgan fingerprint density at radius 2 is 2.17 bits per heavy atom. The van der Waals surface area contributed by atoms with Crippen LogP contribution in [0.5, 0.6) is 0 Å². The first-order valence-electron chi connectivity index (χ1n) is 4.37. The van der Waals surface area contributed by atoms with Crippen LogP contribution in [0.25, 0.3) is 0 Å². The van der Waals surface area contributed by atoms with Gasteiger partial charge in [0.1, 0.15) is 0 Å². The third-order valence-electron chi connectivity index (χ3n) is 1.75. The van der Waals surface area contributed by atoms with E-state index in [0.29, 0.717) is 0 Å². The molecule has 12 heavy (non-hydrogen) atoms. The monoisotopic (exact) mass is 170 g/mol. The van der Waals surface area contributed by atoms with Crippen molar-refractivity contribution >= 4 is 5.97 Å². The third-order valence-corrected chi connectivity index (χ3v) is 1.75. The average Bonchev–Trinajstić information content (AvgIpc) is 2.03. The summed E-state index contributed by atoms with van der Waals surface area (Å²) in [7, 11) is 1.42. The van der Waals surface area contributed by atoms with Crippen molar-refractivity contribution in [3.05, 3.63) is 11.6 Å². The molecule has 0 fully saturated rings. The number of esters is 1. The minimum absolute atomic E-state index is 0.110. The van der Waals surface area contributed by atoms with Gasteiger partial charge in [0.15, 0.2) is 0 Å². The molecule has 70 valence electrons. The van der Waals surface area contributed by atoms with Crippen molar-refractivity contribution in [3.8, 4) is 0 Å². The molecular formula is C10H18O2. The summed E-state index contributed by atoms with van der Waals surface area (Å²) in [6.45, 7) is 6.02. The van der Waals surface area contributed by atoms with Gasteiger partial charge in [0.2, 0.25) is 0 Å². The first kappa shape index (κ1) is 11.2. The first-order valence-corrected chi connectivity index (χ1v) is 4.37. The van der Waals surface area contributed by atoms with Gasteiger partial charge in [0.25, 0.3) is 0 Å². The molecule has 0 spiro atoms. The summed E-state index contributed by atoms with van der Waals surface area (Å²) in [6, 6.07) is 0. The highest BCUT2D eigenvalue weighted by Crippen LogP contribution is 2.09. The molecule has 0 heterocycles. The van der Waals surface area contributed by atoms with Crippen molar-refractivity contribution in [2.45, 2.75) is 33.6 Å². The number of hydrogen-bond donors (Lipinski definition) is 0. The van der Waals surface area contributed by atoms with Gasteiger partial charge in [-0.2, -0.15) is 0 Å². The number of rotatable bonds is 4. The molecule has 0 amide bonds. The topological polar surface area (TPSA) is 26.3 Å². The fraction of sp³-hybridized carbons (Fsp3) is 0.700. The average molecular weight is 170 g/mol. The minimum Gasteiger partial charge on any atom is -0.469 e. The van der Waals surface area contributed by atoms with Crippen LogP contribution < -0.4 is 0 Å². The summed E-state index contributed by atoms with van der Waals surface area (Å²) in [6.07, 6.45) is 4.15. The normalized spacial score (nSPS) is 14.2. The van der Waals surface area contributed by atoms with Crippen molar-refractivity contribution in [3.63, 3.8) is 0 Å². The van der Waals surface area contributed by atoms with Crippen LogP contribution in [0.3, 0.4) is 0 Å². The van der Waals surface area contributed by atoms with E-state index in [1.54, 1.807) is 0 Å². The first-order chi connectivity index (χ1) is 5.61. The van der Waals surface area contributed by atoms with E-state index in [2.05, 4.69) is 11.7 Å². The van der Waals surface area contributed by atoms with E-state index in [0.717, 1.165) is 12.8 Å². The highest BCUT2D eigenvalue weighted by molar-refractivity contribution is 5.73. The molecule has 0 radical (unpaired) electrons. The van der Waals surface area contributed by atoms with Crippen molar-refractivity contribution in [1.29, 1.82) is 0 Å². The van der Waals surface area contributed by atoms with Crippen LogP contribution in [-0.2, 0) is 9.53 Å². The second-order valence-corrected chi connectivity index (χ2v) is 3.07. The van der Waals surface area contributed by atoms with Crippen LogP contribution in [0.15, 0.2) is 11.6 Å². The summed E-state index contributed by atoms with van der Waals surface area (Å²) < 4.78 is 4.61. The van der Waals surface area contributed by atoms with Crippen LogP contribution in [0, 0.1) is 5.92 Å². The summed E-state index contributed by atoms with van der Waals surface area (Å²) in [5.74, 6) is -0.271. The van der Waals surface area contributed by atoms with Gasteiger partial charge in [-0.15, -0.1) is 0 Å². The lowest BCUT2D eigenvalue weighted by atomic mass is 10.1. The standard InChI is InChI=1S/C10H18O2/c1-5-6-8(2)7-9(3)10(11)12-4/h7,9H,5-6H2,1-4H3. The van der Waals surface area contributed by atoms with E-state index in [-0.39, 0.29) is 11.9 Å². The lowest BCUT2D eigenvalue weighted by Gasteiger charge is -2.05. The molecule has 0 aliphatic heterocycles. The van der Waals surface area contributed by atoms with Gasteiger partial charge in [-0.05, 0) is 20.3 Å². The fourth-order valence-corrected chi connectivity index (χ4v) is 1.16. The molecule has 0 rings (SSSR count). The van der Waals surface area contributed by atoms with Crippen molar-refractivity contribution in [2.24, 2.45) is 5.92 Å². The number of methoxy groups -OCH3 is 1. The lowest BCUT2D eigenvalue weighted by molar-refractivity contribution is -0.143. The molecule has 1 unspecified atom stereocenters. The Morgan fingerprint density at radius 3 is 2.58 bits per heavy atom. The van der Waals surface area contributed by atoms with E-state index in [1.807, 2.05) is 19.9 Å². The van der Waals surface area contributed by atoms with E-state index >= 15 is 0 Å². The van der Waals surface area contributed by atoms with E-state index in [1.165, 1.54) is 12.7 Å². The lowest BCUT2D eigenvalue weighted by Crippen LogP contribution is -2.10. The van der Waals surface area contributed by atoms with Gasteiger partial charge < -0.3 is 4.74 Å². The van der Waals surface area contributed by atoms with Crippen LogP contribution in [0.4, 0.5) is 0 Å². The Hall–Kier alpha value is -0.790. The second-order valence-electron chi connectivity index (χ2n) is 3.07. The summed E-state index contributed by atoms with van der Waals surface area (Å²) in [5, 5.41) is 0. The van der Waals surface area contributed by atoms with Crippen LogP contribution in [0.2, 0.25) is 0 Å². The predicted octanol–water partition coefficient (Wildman–Crippen LogP) is 2.54. The van der Waals surface area contributed by atoms with Gasteiger partial charge in [-0.1, -0.05) is 25.0 Å². The molecule has 1 atom stereocenters. The number of carbonyl (C=O) groups excluding carboxylic acids is 1. The van der Waals surface area contributed by atoms with Crippen LogP contribution >= 0.6 is 0 Å². The van der Waals surface area contributed by atoms with E-state index < -0.39 is 0 Å². The second kappa shape index (κ2) is 5.81. The largest absolute Gasteiger partial charge is 0.469 e. The Balaban J connectivity index is 4.03. The van der Waals surface area contributed by atoms with Crippen LogP contribution in [0.1, 0.15) is 33.6 Å². The maximum Gasteiger partial charge on any atom is 0.312 e. The van der Waals surface area contributed by atoms with Gasteiger partial charge in [-0.25, -0.2) is 0 Å². The number of carbonyl (C=O) groups is 1. The molecule has 0 aromatic heterocycles. The molecule has 0 aliphatic rings. The smallest absolute Gasteiger partial charge is 0.312 e. The molecule has 0 aromatic carbocycles. The summed E-state index contributed by atoms with van der Waals surface area (Å²) >= 11 is 0. The molecule has 0 aromatic rings. The molecule has 0 bridgehead atoms. The van der Waals surface area contributed by atoms with Crippen LogP contribution in [-0.4, -0.2) is 13.1 Å². The van der Waals surface area contributed by atoms with Crippen molar-refractivity contribution < 1.29 is 9.53 Å². The third kappa shape index (κ3) is 4.16. The zero-order valence-corrected chi connectivity index (χ0v) is 8.39. The maximum absolute atomic E-state index is 11.0. The van der Waals surface area contributed by atoms with Gasteiger partial charge in [0, 0.05) is 0 Å². The Bertz CT molecular complexity index is 171. The summed E-state index contributed by atoms with van der Waals surface area (Å²) in [4.78, 5) is 11.0. The minimum atomic E-state index is -0.162. The zero-order valence-electron chi connectivity index (χ0n) is 8.39. The molecular weight excluding hydrogens is 152 g/mol. The predicted molar refractivity (Wildman–Crippen MR) is 49.8 cm³/mol. The molecule has 0 aliphatic carbocycles. The fourth-order valence-electron chi connectivity index (χ4n) is 1.16. The highest BCUT2D eigenvalue weighted by atomic mass is 16.5. The van der Waals surface area contributed by atoms with Crippen molar-refractivity contribution in [1.82, 2.24) is 0 Å². The number of hydrogen-bond acceptors (Lipinski definition) is 2.